The second-order valence-corrected chi connectivity index (χ2v) is 6.17. The molecule has 104 valence electrons. The number of likely N-dealkylation sites (tertiary alicyclic amines) is 1. The van der Waals surface area contributed by atoms with E-state index in [4.69, 9.17) is 11.5 Å². The Morgan fingerprint density at radius 1 is 1.33 bits per heavy atom. The zero-order chi connectivity index (χ0) is 13.1. The molecule has 0 aromatic heterocycles. The minimum Gasteiger partial charge on any atom is -0.338 e. The number of hydrogen-bond acceptors (Lipinski definition) is 3. The Labute approximate surface area is 110 Å². The predicted molar refractivity (Wildman–Crippen MR) is 72.9 cm³/mol. The molecule has 4 N–H and O–H groups in total. The highest BCUT2D eigenvalue weighted by atomic mass is 16.2. The largest absolute Gasteiger partial charge is 0.338 e. The maximum atomic E-state index is 12.4. The molecule has 0 bridgehead atoms. The molecule has 2 aliphatic rings. The van der Waals surface area contributed by atoms with Gasteiger partial charge in [0.25, 0.3) is 0 Å². The lowest BCUT2D eigenvalue weighted by molar-refractivity contribution is -0.136. The topological polar surface area (TPSA) is 72.3 Å². The van der Waals surface area contributed by atoms with Gasteiger partial charge in [0, 0.05) is 31.6 Å². The van der Waals surface area contributed by atoms with Crippen LogP contribution in [0.1, 0.15) is 45.4 Å². The average Bonchev–Trinajstić information content (AvgIpc) is 2.74. The minimum absolute atomic E-state index is 0.231. The first-order valence-corrected chi connectivity index (χ1v) is 7.37. The van der Waals surface area contributed by atoms with Gasteiger partial charge in [-0.25, -0.2) is 0 Å². The van der Waals surface area contributed by atoms with Gasteiger partial charge in [0.15, 0.2) is 0 Å². The molecule has 2 fully saturated rings. The second-order valence-electron chi connectivity index (χ2n) is 6.17. The van der Waals surface area contributed by atoms with Gasteiger partial charge in [-0.3, -0.25) is 4.79 Å². The maximum absolute atomic E-state index is 12.4. The van der Waals surface area contributed by atoms with Gasteiger partial charge < -0.3 is 16.4 Å². The van der Waals surface area contributed by atoms with Crippen molar-refractivity contribution in [1.82, 2.24) is 4.90 Å². The average molecular weight is 253 g/mol. The molecular formula is C14H27N3O. The highest BCUT2D eigenvalue weighted by Gasteiger charge is 2.32. The summed E-state index contributed by atoms with van der Waals surface area (Å²) in [6, 6.07) is 0.480. The Morgan fingerprint density at radius 2 is 2.11 bits per heavy atom. The molecule has 1 heterocycles. The Bertz CT molecular complexity index is 295. The zero-order valence-corrected chi connectivity index (χ0v) is 11.5. The fraction of sp³-hybridized carbons (Fsp3) is 0.929. The van der Waals surface area contributed by atoms with Gasteiger partial charge in [0.05, 0.1) is 0 Å². The summed E-state index contributed by atoms with van der Waals surface area (Å²) in [6.45, 7) is 3.72. The van der Waals surface area contributed by atoms with Gasteiger partial charge in [0.2, 0.25) is 5.91 Å². The van der Waals surface area contributed by atoms with Crippen molar-refractivity contribution in [2.24, 2.45) is 23.3 Å². The number of amides is 1. The van der Waals surface area contributed by atoms with E-state index in [9.17, 15) is 4.79 Å². The molecule has 0 aromatic carbocycles. The van der Waals surface area contributed by atoms with Crippen LogP contribution in [0.2, 0.25) is 0 Å². The Balaban J connectivity index is 1.91. The van der Waals surface area contributed by atoms with E-state index in [0.29, 0.717) is 24.8 Å². The lowest BCUT2D eigenvalue weighted by Crippen LogP contribution is -2.50. The van der Waals surface area contributed by atoms with E-state index in [1.54, 1.807) is 0 Å². The van der Waals surface area contributed by atoms with Gasteiger partial charge >= 0.3 is 0 Å². The van der Waals surface area contributed by atoms with Crippen LogP contribution in [-0.2, 0) is 4.79 Å². The van der Waals surface area contributed by atoms with Crippen LogP contribution in [0, 0.1) is 11.8 Å². The van der Waals surface area contributed by atoms with Crippen LogP contribution in [0.3, 0.4) is 0 Å². The van der Waals surface area contributed by atoms with E-state index in [2.05, 4.69) is 6.92 Å². The normalized spacial score (nSPS) is 36.9. The van der Waals surface area contributed by atoms with Crippen LogP contribution in [0.25, 0.3) is 0 Å². The summed E-state index contributed by atoms with van der Waals surface area (Å²) in [7, 11) is 0. The number of carbonyl (C=O) groups excluding carboxylic acids is 1. The Hall–Kier alpha value is -0.610. The molecule has 4 heteroatoms. The summed E-state index contributed by atoms with van der Waals surface area (Å²) >= 11 is 0. The van der Waals surface area contributed by atoms with Crippen LogP contribution in [0.5, 0.6) is 0 Å². The summed E-state index contributed by atoms with van der Waals surface area (Å²) in [4.78, 5) is 14.4. The van der Waals surface area contributed by atoms with Crippen LogP contribution < -0.4 is 11.5 Å². The second kappa shape index (κ2) is 6.02. The first kappa shape index (κ1) is 13.8. The molecule has 4 nitrogen and oxygen atoms in total. The highest BCUT2D eigenvalue weighted by Crippen LogP contribution is 2.29. The number of hydrogen-bond donors (Lipinski definition) is 2. The quantitative estimate of drug-likeness (QED) is 0.791. The SMILES string of the molecule is CC1CCN(C(=O)C[C@@H]2CCC[C@H]2N)C(CN)C1. The molecule has 1 amide bonds. The summed E-state index contributed by atoms with van der Waals surface area (Å²) in [5.41, 5.74) is 11.9. The maximum Gasteiger partial charge on any atom is 0.223 e. The van der Waals surface area contributed by atoms with Gasteiger partial charge in [-0.2, -0.15) is 0 Å². The molecule has 18 heavy (non-hydrogen) atoms. The summed E-state index contributed by atoms with van der Waals surface area (Å²) in [5.74, 6) is 1.37. The fourth-order valence-corrected chi connectivity index (χ4v) is 3.46. The molecule has 1 aliphatic carbocycles. The first-order valence-electron chi connectivity index (χ1n) is 7.37. The Kier molecular flexibility index (Phi) is 4.62. The van der Waals surface area contributed by atoms with E-state index in [1.807, 2.05) is 4.90 Å². The molecule has 2 rings (SSSR count). The summed E-state index contributed by atoms with van der Waals surface area (Å²) < 4.78 is 0. The van der Waals surface area contributed by atoms with E-state index in [-0.39, 0.29) is 18.0 Å². The van der Waals surface area contributed by atoms with E-state index < -0.39 is 0 Å². The van der Waals surface area contributed by atoms with Crippen molar-refractivity contribution >= 4 is 5.91 Å². The van der Waals surface area contributed by atoms with Crippen LogP contribution >= 0.6 is 0 Å². The van der Waals surface area contributed by atoms with Crippen molar-refractivity contribution in [3.05, 3.63) is 0 Å². The van der Waals surface area contributed by atoms with Gasteiger partial charge in [-0.15, -0.1) is 0 Å². The summed E-state index contributed by atoms with van der Waals surface area (Å²) in [5, 5.41) is 0. The molecule has 0 spiro atoms. The van der Waals surface area contributed by atoms with Crippen molar-refractivity contribution in [2.45, 2.75) is 57.5 Å². The molecule has 1 saturated heterocycles. The zero-order valence-electron chi connectivity index (χ0n) is 11.5. The number of rotatable bonds is 3. The van der Waals surface area contributed by atoms with Crippen molar-refractivity contribution in [3.8, 4) is 0 Å². The number of piperidine rings is 1. The third-order valence-corrected chi connectivity index (χ3v) is 4.73. The summed E-state index contributed by atoms with van der Waals surface area (Å²) in [6.07, 6.45) is 6.17. The first-order chi connectivity index (χ1) is 8.61. The monoisotopic (exact) mass is 253 g/mol. The lowest BCUT2D eigenvalue weighted by atomic mass is 9.91. The van der Waals surface area contributed by atoms with Gasteiger partial charge in [-0.05, 0) is 37.5 Å². The van der Waals surface area contributed by atoms with Crippen LogP contribution in [0.4, 0.5) is 0 Å². The number of carbonyl (C=O) groups is 1. The Morgan fingerprint density at radius 3 is 2.72 bits per heavy atom. The molecule has 1 saturated carbocycles. The van der Waals surface area contributed by atoms with Crippen LogP contribution in [-0.4, -0.2) is 36.0 Å². The van der Waals surface area contributed by atoms with Crippen LogP contribution in [0.15, 0.2) is 0 Å². The van der Waals surface area contributed by atoms with Crippen molar-refractivity contribution in [3.63, 3.8) is 0 Å². The molecule has 0 radical (unpaired) electrons. The van der Waals surface area contributed by atoms with Crippen molar-refractivity contribution in [1.29, 1.82) is 0 Å². The molecule has 2 unspecified atom stereocenters. The fourth-order valence-electron chi connectivity index (χ4n) is 3.46. The van der Waals surface area contributed by atoms with Gasteiger partial charge in [0.1, 0.15) is 0 Å². The van der Waals surface area contributed by atoms with Crippen molar-refractivity contribution in [2.75, 3.05) is 13.1 Å². The minimum atomic E-state index is 0.231. The molecular weight excluding hydrogens is 226 g/mol. The number of nitrogens with two attached hydrogens (primary N) is 2. The molecule has 1 aliphatic heterocycles. The third kappa shape index (κ3) is 3.04. The molecule has 0 aromatic rings. The standard InChI is InChI=1S/C14H27N3O/c1-10-5-6-17(12(7-10)9-15)14(18)8-11-3-2-4-13(11)16/h10-13H,2-9,15-16H2,1H3/t10?,11-,12?,13+/m0/s1. The van der Waals surface area contributed by atoms with E-state index >= 15 is 0 Å². The van der Waals surface area contributed by atoms with E-state index in [1.165, 1.54) is 6.42 Å². The number of nitrogens with zero attached hydrogens (tertiary/aromatic N) is 1. The van der Waals surface area contributed by atoms with Gasteiger partial charge in [-0.1, -0.05) is 13.3 Å². The third-order valence-electron chi connectivity index (χ3n) is 4.73. The van der Waals surface area contributed by atoms with Crippen molar-refractivity contribution < 1.29 is 4.79 Å². The molecule has 4 atom stereocenters. The highest BCUT2D eigenvalue weighted by molar-refractivity contribution is 5.77. The lowest BCUT2D eigenvalue weighted by Gasteiger charge is -2.38. The van der Waals surface area contributed by atoms with E-state index in [0.717, 1.165) is 32.2 Å². The predicted octanol–water partition coefficient (Wildman–Crippen LogP) is 1.09. The smallest absolute Gasteiger partial charge is 0.223 e.